The molecule has 142 valence electrons. The van der Waals surface area contributed by atoms with Crippen LogP contribution in [0.4, 0.5) is 5.69 Å². The highest BCUT2D eigenvalue weighted by Gasteiger charge is 2.18. The number of benzene rings is 2. The Labute approximate surface area is 158 Å². The van der Waals surface area contributed by atoms with Crippen molar-refractivity contribution in [3.63, 3.8) is 0 Å². The van der Waals surface area contributed by atoms with E-state index in [4.69, 9.17) is 9.47 Å². The van der Waals surface area contributed by atoms with E-state index in [9.17, 15) is 14.7 Å². The fraction of sp³-hybridized carbons (Fsp3) is 0.333. The van der Waals surface area contributed by atoms with Gasteiger partial charge in [-0.25, -0.2) is 4.79 Å². The predicted molar refractivity (Wildman–Crippen MR) is 101 cm³/mol. The van der Waals surface area contributed by atoms with Crippen molar-refractivity contribution in [2.45, 2.75) is 38.7 Å². The molecule has 2 aromatic carbocycles. The summed E-state index contributed by atoms with van der Waals surface area (Å²) in [6.07, 6.45) is 4.79. The number of nitrogens with one attached hydrogen (secondary N) is 1. The van der Waals surface area contributed by atoms with Crippen molar-refractivity contribution in [1.29, 1.82) is 0 Å². The highest BCUT2D eigenvalue weighted by Crippen LogP contribution is 2.25. The zero-order valence-corrected chi connectivity index (χ0v) is 15.2. The molecule has 1 aliphatic carbocycles. The van der Waals surface area contributed by atoms with Crippen molar-refractivity contribution < 1.29 is 24.2 Å². The smallest absolute Gasteiger partial charge is 0.340 e. The van der Waals surface area contributed by atoms with Crippen LogP contribution in [0, 0.1) is 0 Å². The quantitative estimate of drug-likeness (QED) is 0.590. The highest BCUT2D eigenvalue weighted by molar-refractivity contribution is 6.08. The number of amides is 1. The number of rotatable bonds is 6. The van der Waals surface area contributed by atoms with E-state index >= 15 is 0 Å². The number of ether oxygens (including phenoxy) is 2. The van der Waals surface area contributed by atoms with Crippen LogP contribution in [0.2, 0.25) is 0 Å². The molecule has 0 saturated heterocycles. The summed E-state index contributed by atoms with van der Waals surface area (Å²) in [5.41, 5.74) is 0.825. The molecule has 2 aromatic rings. The minimum absolute atomic E-state index is 0.0792. The van der Waals surface area contributed by atoms with Crippen molar-refractivity contribution in [2.24, 2.45) is 0 Å². The molecule has 3 rings (SSSR count). The van der Waals surface area contributed by atoms with Crippen LogP contribution >= 0.6 is 0 Å². The van der Waals surface area contributed by atoms with E-state index in [0.717, 1.165) is 18.6 Å². The average molecular weight is 369 g/mol. The van der Waals surface area contributed by atoms with Gasteiger partial charge in [-0.2, -0.15) is 0 Å². The number of aromatic hydroxyl groups is 1. The molecule has 0 bridgehead atoms. The van der Waals surface area contributed by atoms with Crippen molar-refractivity contribution >= 4 is 17.6 Å². The molecule has 1 aliphatic rings. The predicted octanol–water partition coefficient (Wildman–Crippen LogP) is 4.14. The van der Waals surface area contributed by atoms with Crippen LogP contribution in [0.1, 0.15) is 53.3 Å². The summed E-state index contributed by atoms with van der Waals surface area (Å²) >= 11 is 0. The number of phenolic OH excluding ortho intramolecular Hbond substituents is 1. The summed E-state index contributed by atoms with van der Waals surface area (Å²) in [6, 6.07) is 11.1. The van der Waals surface area contributed by atoms with E-state index in [0.29, 0.717) is 5.56 Å². The number of carbonyl (C=O) groups is 2. The van der Waals surface area contributed by atoms with Crippen molar-refractivity contribution in [2.75, 3.05) is 11.9 Å². The Morgan fingerprint density at radius 3 is 2.48 bits per heavy atom. The first kappa shape index (κ1) is 18.8. The summed E-state index contributed by atoms with van der Waals surface area (Å²) in [5, 5.41) is 12.3. The first-order chi connectivity index (χ1) is 13.1. The van der Waals surface area contributed by atoms with Gasteiger partial charge in [0.2, 0.25) is 0 Å². The summed E-state index contributed by atoms with van der Waals surface area (Å²) in [6.45, 7) is 1.89. The van der Waals surface area contributed by atoms with Gasteiger partial charge in [0.15, 0.2) is 0 Å². The van der Waals surface area contributed by atoms with E-state index in [1.54, 1.807) is 31.2 Å². The maximum absolute atomic E-state index is 12.5. The van der Waals surface area contributed by atoms with Crippen LogP contribution in [-0.2, 0) is 4.74 Å². The molecule has 6 heteroatoms. The van der Waals surface area contributed by atoms with Gasteiger partial charge in [0.25, 0.3) is 5.91 Å². The second-order valence-corrected chi connectivity index (χ2v) is 6.45. The molecule has 1 saturated carbocycles. The third-order valence-corrected chi connectivity index (χ3v) is 4.47. The normalized spacial score (nSPS) is 14.0. The van der Waals surface area contributed by atoms with Gasteiger partial charge >= 0.3 is 5.97 Å². The van der Waals surface area contributed by atoms with Gasteiger partial charge in [0.1, 0.15) is 11.5 Å². The number of esters is 1. The molecule has 0 aromatic heterocycles. The molecule has 6 nitrogen and oxygen atoms in total. The number of anilines is 1. The molecule has 1 amide bonds. The molecule has 27 heavy (non-hydrogen) atoms. The van der Waals surface area contributed by atoms with Gasteiger partial charge in [0.05, 0.1) is 24.0 Å². The first-order valence-electron chi connectivity index (χ1n) is 9.15. The van der Waals surface area contributed by atoms with Gasteiger partial charge in [-0.15, -0.1) is 0 Å². The minimum Gasteiger partial charge on any atom is -0.508 e. The Morgan fingerprint density at radius 2 is 1.81 bits per heavy atom. The molecule has 0 aliphatic heterocycles. The third kappa shape index (κ3) is 4.78. The van der Waals surface area contributed by atoms with Crippen molar-refractivity contribution in [1.82, 2.24) is 0 Å². The molecule has 2 N–H and O–H groups in total. The second kappa shape index (κ2) is 8.58. The lowest BCUT2D eigenvalue weighted by atomic mass is 10.1. The average Bonchev–Trinajstić information content (AvgIpc) is 3.17. The monoisotopic (exact) mass is 369 g/mol. The largest absolute Gasteiger partial charge is 0.508 e. The SMILES string of the molecule is CCOC(=O)c1cc(O)ccc1NC(=O)c1ccc(OC2CCCC2)cc1. The summed E-state index contributed by atoms with van der Waals surface area (Å²) in [4.78, 5) is 24.6. The van der Waals surface area contributed by atoms with Crippen LogP contribution in [-0.4, -0.2) is 29.7 Å². The Bertz CT molecular complexity index is 810. The van der Waals surface area contributed by atoms with Gasteiger partial charge < -0.3 is 19.9 Å². The lowest BCUT2D eigenvalue weighted by Gasteiger charge is -2.14. The first-order valence-corrected chi connectivity index (χ1v) is 9.15. The molecular weight excluding hydrogens is 346 g/mol. The van der Waals surface area contributed by atoms with E-state index in [1.807, 2.05) is 0 Å². The Kier molecular flexibility index (Phi) is 5.96. The molecule has 0 spiro atoms. The topological polar surface area (TPSA) is 84.9 Å². The molecule has 0 heterocycles. The fourth-order valence-corrected chi connectivity index (χ4v) is 3.10. The number of phenols is 1. The van der Waals surface area contributed by atoms with E-state index in [-0.39, 0.29) is 35.6 Å². The summed E-state index contributed by atoms with van der Waals surface area (Å²) in [7, 11) is 0. The zero-order chi connectivity index (χ0) is 19.2. The van der Waals surface area contributed by atoms with Crippen molar-refractivity contribution in [3.05, 3.63) is 53.6 Å². The number of hydrogen-bond acceptors (Lipinski definition) is 5. The number of carbonyl (C=O) groups excluding carboxylic acids is 2. The maximum Gasteiger partial charge on any atom is 0.340 e. The third-order valence-electron chi connectivity index (χ3n) is 4.47. The lowest BCUT2D eigenvalue weighted by Crippen LogP contribution is -2.16. The Hall–Kier alpha value is -3.02. The lowest BCUT2D eigenvalue weighted by molar-refractivity contribution is 0.0527. The summed E-state index contributed by atoms with van der Waals surface area (Å²) in [5.74, 6) is -0.303. The van der Waals surface area contributed by atoms with E-state index in [1.165, 1.54) is 31.0 Å². The van der Waals surface area contributed by atoms with Crippen LogP contribution in [0.3, 0.4) is 0 Å². The molecule has 1 fully saturated rings. The van der Waals surface area contributed by atoms with Gasteiger partial charge in [-0.3, -0.25) is 4.79 Å². The van der Waals surface area contributed by atoms with Crippen LogP contribution in [0.5, 0.6) is 11.5 Å². The molecular formula is C21H23NO5. The molecule has 0 atom stereocenters. The fourth-order valence-electron chi connectivity index (χ4n) is 3.10. The van der Waals surface area contributed by atoms with Gasteiger partial charge in [0, 0.05) is 5.56 Å². The van der Waals surface area contributed by atoms with Gasteiger partial charge in [-0.1, -0.05) is 0 Å². The zero-order valence-electron chi connectivity index (χ0n) is 15.2. The second-order valence-electron chi connectivity index (χ2n) is 6.45. The molecule has 0 unspecified atom stereocenters. The number of hydrogen-bond donors (Lipinski definition) is 2. The maximum atomic E-state index is 12.5. The van der Waals surface area contributed by atoms with Crippen molar-refractivity contribution in [3.8, 4) is 11.5 Å². The van der Waals surface area contributed by atoms with E-state index < -0.39 is 5.97 Å². The minimum atomic E-state index is -0.607. The highest BCUT2D eigenvalue weighted by atomic mass is 16.5. The molecule has 0 radical (unpaired) electrons. The van der Waals surface area contributed by atoms with E-state index in [2.05, 4.69) is 5.32 Å². The standard InChI is InChI=1S/C21H23NO5/c1-2-26-21(25)18-13-15(23)9-12-19(18)22-20(24)14-7-10-17(11-8-14)27-16-5-3-4-6-16/h7-13,16,23H,2-6H2,1H3,(H,22,24). The van der Waals surface area contributed by atoms with Crippen LogP contribution in [0.15, 0.2) is 42.5 Å². The van der Waals surface area contributed by atoms with Crippen LogP contribution in [0.25, 0.3) is 0 Å². The Balaban J connectivity index is 1.70. The summed E-state index contributed by atoms with van der Waals surface area (Å²) < 4.78 is 10.9. The van der Waals surface area contributed by atoms with Crippen LogP contribution < -0.4 is 10.1 Å². The van der Waals surface area contributed by atoms with Gasteiger partial charge in [-0.05, 0) is 75.1 Å². The Morgan fingerprint density at radius 1 is 1.11 bits per heavy atom.